The van der Waals surface area contributed by atoms with Gasteiger partial charge in [0.2, 0.25) is 0 Å². The van der Waals surface area contributed by atoms with Crippen molar-refractivity contribution < 1.29 is 69.3 Å². The molecule has 1 aliphatic heterocycles. The summed E-state index contributed by atoms with van der Waals surface area (Å²) in [7, 11) is -2.91. The second-order valence-electron chi connectivity index (χ2n) is 28.1. The van der Waals surface area contributed by atoms with Gasteiger partial charge in [-0.3, -0.25) is 4.57 Å². The van der Waals surface area contributed by atoms with Crippen LogP contribution >= 0.6 is 0 Å². The normalized spacial score (nSPS) is 16.5. The maximum absolute atomic E-state index is 15.7. The Bertz CT molecular complexity index is 3810. The van der Waals surface area contributed by atoms with Crippen LogP contribution in [-0.2, 0) is 67.0 Å². The summed E-state index contributed by atoms with van der Waals surface area (Å²) in [5.41, 5.74) is 7.17. The van der Waals surface area contributed by atoms with Crippen molar-refractivity contribution >= 4 is 54.7 Å². The Hall–Kier alpha value is -7.70. The van der Waals surface area contributed by atoms with Crippen LogP contribution in [0.4, 0.5) is 10.6 Å². The average Bonchev–Trinajstić information content (AvgIpc) is 1.74. The Balaban J connectivity index is 1.03. The fraction of sp³-hybridized carbons (Fsp3) is 0.456. The molecular weight excluding hydrogens is 1360 g/mol. The van der Waals surface area contributed by atoms with Gasteiger partial charge < -0.3 is 70.3 Å². The maximum atomic E-state index is 15.7. The first kappa shape index (κ1) is 77.9. The molecule has 21 nitrogen and oxygen atoms in total. The van der Waals surface area contributed by atoms with Crippen LogP contribution in [0.25, 0.3) is 22.3 Å². The van der Waals surface area contributed by atoms with Gasteiger partial charge in [0, 0.05) is 33.2 Å². The number of rotatable bonds is 42. The third kappa shape index (κ3) is 20.6. The molecule has 6 aromatic carbocycles. The zero-order chi connectivity index (χ0) is 72.8. The average molecular weight is 1460 g/mol. The SMILES string of the molecule is CCCCCCCCCCCCCO[Si](OC[C@H]1O[C@@H](n2cnc3c(NC(c4ccccc4)(c4ccc(OC)cc4)c4ccc(OC)cc4)ncnc32)[C@H](OCOCC(OC)OC)[C@@H]1OC(=O)[C@H](Cc1ccccc1)NC(=O)OCC1c2ccccc2-c2ccccc21)(O[Si](C)(C)C)O[Si](C)(C)C. The molecule has 0 radical (unpaired) electrons. The highest BCUT2D eigenvalue weighted by atomic mass is 28.5. The summed E-state index contributed by atoms with van der Waals surface area (Å²) in [6.07, 6.45) is 9.49. The number of methoxy groups -OCH3 is 4. The fourth-order valence-corrected chi connectivity index (χ4v) is 21.7. The lowest BCUT2D eigenvalue weighted by molar-refractivity contribution is -0.192. The van der Waals surface area contributed by atoms with Crippen LogP contribution in [-0.4, -0.2) is 150 Å². The molecule has 1 amide bonds. The topological polar surface area (TPSA) is 222 Å². The molecule has 2 aliphatic rings. The lowest BCUT2D eigenvalue weighted by Crippen LogP contribution is -2.60. The number of anilines is 1. The molecule has 1 fully saturated rings. The van der Waals surface area contributed by atoms with Crippen LogP contribution in [0.3, 0.4) is 0 Å². The second kappa shape index (κ2) is 37.3. The molecule has 10 rings (SSSR count). The van der Waals surface area contributed by atoms with E-state index in [0.717, 1.165) is 70.2 Å². The van der Waals surface area contributed by atoms with Crippen molar-refractivity contribution in [2.24, 2.45) is 0 Å². The standard InChI is InChI=1S/C79H104N6O15Si3/c1-12-13-14-15-16-17-18-19-20-21-32-49-95-103(99-101(6,7)8,100-102(9,10)11)96-52-69-72(98-77(86)68(50-57-33-24-22-25-34-57)83-78(87)93-51-67-65-39-30-28-37-63(65)64-38-29-31-40-66(64)67)73(94-56-92-53-70(90-4)91-5)76(97-69)85-55-82-71-74(80-54-81-75(71)85)84-79(58-35-26-23-27-36-58,59-41-45-61(88-2)46-42-59)60-43-47-62(89-3)48-44-60/h22-31,33-48,54-55,67-70,72-73,76H,12-21,32,49-53,56H2,1-11H3,(H,83,87)(H,80,81,84)/t68-,69+,72+,73+,76+/m0/s1. The van der Waals surface area contributed by atoms with E-state index in [2.05, 4.69) is 93.2 Å². The van der Waals surface area contributed by atoms with Crippen LogP contribution in [0.5, 0.6) is 11.5 Å². The molecule has 0 bridgehead atoms. The quantitative estimate of drug-likeness (QED) is 0.0119. The molecule has 0 saturated carbocycles. The van der Waals surface area contributed by atoms with Crippen molar-refractivity contribution in [3.8, 4) is 22.6 Å². The van der Waals surface area contributed by atoms with Crippen molar-refractivity contribution in [2.75, 3.05) is 67.0 Å². The number of amides is 1. The maximum Gasteiger partial charge on any atom is 0.658 e. The first-order valence-corrected chi connectivity index (χ1v) is 44.6. The van der Waals surface area contributed by atoms with Gasteiger partial charge in [0.1, 0.15) is 61.6 Å². The summed E-state index contributed by atoms with van der Waals surface area (Å²) in [6.45, 7) is 14.4. The number of hydrogen-bond donors (Lipinski definition) is 2. The number of hydrogen-bond acceptors (Lipinski definition) is 19. The molecule has 103 heavy (non-hydrogen) atoms. The Morgan fingerprint density at radius 1 is 0.602 bits per heavy atom. The van der Waals surface area contributed by atoms with Gasteiger partial charge in [-0.2, -0.15) is 0 Å². The number of nitrogens with zero attached hydrogens (tertiary/aromatic N) is 4. The zero-order valence-corrected chi connectivity index (χ0v) is 64.6. The van der Waals surface area contributed by atoms with Gasteiger partial charge in [0.15, 0.2) is 52.2 Å². The highest BCUT2D eigenvalue weighted by molar-refractivity contribution is 6.83. The summed E-state index contributed by atoms with van der Waals surface area (Å²) in [5, 5.41) is 6.81. The number of aromatic nitrogens is 4. The predicted molar refractivity (Wildman–Crippen MR) is 404 cm³/mol. The molecule has 1 saturated heterocycles. The number of carbonyl (C=O) groups is 2. The lowest BCUT2D eigenvalue weighted by Gasteiger charge is -2.38. The highest BCUT2D eigenvalue weighted by Gasteiger charge is 2.56. The predicted octanol–water partition coefficient (Wildman–Crippen LogP) is 15.7. The van der Waals surface area contributed by atoms with Gasteiger partial charge in [0.25, 0.3) is 0 Å². The monoisotopic (exact) mass is 1460 g/mol. The number of esters is 1. The van der Waals surface area contributed by atoms with Crippen molar-refractivity contribution in [2.45, 2.75) is 172 Å². The van der Waals surface area contributed by atoms with Gasteiger partial charge in [-0.25, -0.2) is 24.5 Å². The van der Waals surface area contributed by atoms with E-state index in [1.54, 1.807) is 25.1 Å². The number of carbonyl (C=O) groups excluding carboxylic acids is 2. The molecule has 24 heteroatoms. The van der Waals surface area contributed by atoms with E-state index in [1.807, 2.05) is 121 Å². The number of alkyl carbamates (subject to hydrolysis) is 1. The van der Waals surface area contributed by atoms with Gasteiger partial charge in [-0.1, -0.05) is 205 Å². The van der Waals surface area contributed by atoms with Crippen LogP contribution in [0.15, 0.2) is 170 Å². The molecule has 5 atom stereocenters. The molecule has 2 aromatic heterocycles. The van der Waals surface area contributed by atoms with Crippen LogP contribution in [0, 0.1) is 0 Å². The van der Waals surface area contributed by atoms with E-state index < -0.39 is 80.2 Å². The number of ether oxygens (including phenoxy) is 9. The van der Waals surface area contributed by atoms with Crippen molar-refractivity contribution in [3.05, 3.63) is 204 Å². The number of imidazole rings is 1. The summed E-state index contributed by atoms with van der Waals surface area (Å²) >= 11 is 0. The van der Waals surface area contributed by atoms with Crippen LogP contribution in [0.2, 0.25) is 39.3 Å². The molecule has 552 valence electrons. The first-order chi connectivity index (χ1) is 49.9. The molecule has 0 unspecified atom stereocenters. The van der Waals surface area contributed by atoms with E-state index in [9.17, 15) is 4.79 Å². The van der Waals surface area contributed by atoms with Crippen molar-refractivity contribution in [1.29, 1.82) is 0 Å². The summed E-state index contributed by atoms with van der Waals surface area (Å²) in [6, 6.07) is 50.1. The van der Waals surface area contributed by atoms with E-state index in [1.165, 1.54) is 65.5 Å². The number of fused-ring (bicyclic) bond motifs is 4. The highest BCUT2D eigenvalue weighted by Crippen LogP contribution is 2.46. The third-order valence-corrected chi connectivity index (χ3v) is 26.3. The Kier molecular flexibility index (Phi) is 28.2. The lowest BCUT2D eigenvalue weighted by atomic mass is 9.77. The summed E-state index contributed by atoms with van der Waals surface area (Å²) < 4.78 is 85.8. The van der Waals surface area contributed by atoms with Crippen molar-refractivity contribution in [3.63, 3.8) is 0 Å². The number of benzene rings is 6. The number of unbranched alkanes of at least 4 members (excludes halogenated alkanes) is 10. The van der Waals surface area contributed by atoms with Crippen LogP contribution in [0.1, 0.15) is 123 Å². The largest absolute Gasteiger partial charge is 0.658 e. The van der Waals surface area contributed by atoms with Gasteiger partial charge in [0.05, 0.1) is 27.2 Å². The van der Waals surface area contributed by atoms with Gasteiger partial charge in [-0.15, -0.1) is 0 Å². The molecule has 1 aliphatic carbocycles. The van der Waals surface area contributed by atoms with Crippen LogP contribution < -0.4 is 20.1 Å². The van der Waals surface area contributed by atoms with E-state index in [4.69, 9.17) is 74.7 Å². The Labute approximate surface area is 610 Å². The van der Waals surface area contributed by atoms with E-state index in [0.29, 0.717) is 35.1 Å². The minimum Gasteiger partial charge on any atom is -0.497 e. The van der Waals surface area contributed by atoms with Crippen molar-refractivity contribution in [1.82, 2.24) is 24.8 Å². The summed E-state index contributed by atoms with van der Waals surface area (Å²) in [5.74, 6) is 0.674. The Morgan fingerprint density at radius 2 is 1.15 bits per heavy atom. The Morgan fingerprint density at radius 3 is 1.71 bits per heavy atom. The molecule has 0 spiro atoms. The number of nitrogens with one attached hydrogen (secondary N) is 2. The van der Waals surface area contributed by atoms with E-state index >= 15 is 4.79 Å². The minimum atomic E-state index is -4.12. The van der Waals surface area contributed by atoms with E-state index in [-0.39, 0.29) is 39.0 Å². The molecular formula is C79H104N6O15Si3. The fourth-order valence-electron chi connectivity index (χ4n) is 13.4. The smallest absolute Gasteiger partial charge is 0.497 e. The first-order valence-electron chi connectivity index (χ1n) is 36.1. The molecule has 8 aromatic rings. The molecule has 2 N–H and O–H groups in total. The van der Waals surface area contributed by atoms with Gasteiger partial charge >= 0.3 is 21.1 Å². The minimum absolute atomic E-state index is 0.00917. The summed E-state index contributed by atoms with van der Waals surface area (Å²) in [4.78, 5) is 45.1. The molecule has 3 heterocycles. The zero-order valence-electron chi connectivity index (χ0n) is 61.6. The van der Waals surface area contributed by atoms with Gasteiger partial charge in [-0.05, 0) is 114 Å². The second-order valence-corrected chi connectivity index (χ2v) is 39.7. The third-order valence-electron chi connectivity index (χ3n) is 18.4.